The van der Waals surface area contributed by atoms with Gasteiger partial charge in [0.2, 0.25) is 0 Å². The molecule has 1 aromatic heterocycles. The highest BCUT2D eigenvalue weighted by Crippen LogP contribution is 2.27. The molecule has 4 heteroatoms. The molecule has 1 aromatic rings. The van der Waals surface area contributed by atoms with Crippen LogP contribution in [0.15, 0.2) is 10.6 Å². The third kappa shape index (κ3) is 5.44. The van der Waals surface area contributed by atoms with E-state index in [1.165, 1.54) is 25.7 Å². The van der Waals surface area contributed by atoms with Gasteiger partial charge in [0.15, 0.2) is 5.76 Å². The molecule has 0 amide bonds. The zero-order chi connectivity index (χ0) is 15.5. The van der Waals surface area contributed by atoms with Crippen LogP contribution in [0.3, 0.4) is 0 Å². The highest BCUT2D eigenvalue weighted by molar-refractivity contribution is 5.05. The molecule has 1 heterocycles. The maximum atomic E-state index is 5.48. The van der Waals surface area contributed by atoms with Crippen molar-refractivity contribution >= 4 is 0 Å². The molecule has 4 nitrogen and oxygen atoms in total. The molecule has 1 aliphatic carbocycles. The van der Waals surface area contributed by atoms with Crippen LogP contribution < -0.4 is 5.32 Å². The summed E-state index contributed by atoms with van der Waals surface area (Å²) in [4.78, 5) is 2.42. The van der Waals surface area contributed by atoms with Crippen molar-refractivity contribution in [3.8, 4) is 0 Å². The first-order valence-corrected chi connectivity index (χ1v) is 8.23. The summed E-state index contributed by atoms with van der Waals surface area (Å²) in [5.74, 6) is 1.87. The van der Waals surface area contributed by atoms with Crippen molar-refractivity contribution in [3.05, 3.63) is 17.5 Å². The summed E-state index contributed by atoms with van der Waals surface area (Å²) in [7, 11) is 2.20. The van der Waals surface area contributed by atoms with Crippen molar-refractivity contribution in [1.82, 2.24) is 15.4 Å². The van der Waals surface area contributed by atoms with Crippen LogP contribution in [-0.2, 0) is 13.1 Å². The summed E-state index contributed by atoms with van der Waals surface area (Å²) in [6, 6.07) is 2.78. The molecule has 0 atom stereocenters. The standard InChI is InChI=1S/C17H31N3O/c1-13-6-8-15(9-7-13)20(5)12-16-10-14(19-21-16)11-18-17(2,3)4/h10,13,15,18H,6-9,11-12H2,1-5H3. The van der Waals surface area contributed by atoms with Gasteiger partial charge in [0.25, 0.3) is 0 Å². The van der Waals surface area contributed by atoms with E-state index in [9.17, 15) is 0 Å². The molecule has 1 fully saturated rings. The van der Waals surface area contributed by atoms with E-state index in [1.54, 1.807) is 0 Å². The normalized spacial score (nSPS) is 23.7. The van der Waals surface area contributed by atoms with Gasteiger partial charge in [0.05, 0.1) is 12.2 Å². The summed E-state index contributed by atoms with van der Waals surface area (Å²) in [6.07, 6.45) is 5.33. The van der Waals surface area contributed by atoms with Gasteiger partial charge in [-0.2, -0.15) is 0 Å². The Labute approximate surface area is 129 Å². The zero-order valence-corrected chi connectivity index (χ0v) is 14.3. The first-order chi connectivity index (χ1) is 9.83. The molecule has 0 aromatic carbocycles. The number of hydrogen-bond acceptors (Lipinski definition) is 4. The Hall–Kier alpha value is -0.870. The molecule has 0 radical (unpaired) electrons. The smallest absolute Gasteiger partial charge is 0.151 e. The molecule has 0 unspecified atom stereocenters. The minimum Gasteiger partial charge on any atom is -0.360 e. The van der Waals surface area contributed by atoms with E-state index < -0.39 is 0 Å². The average Bonchev–Trinajstić information content (AvgIpc) is 2.84. The Morgan fingerprint density at radius 2 is 1.95 bits per heavy atom. The predicted octanol–water partition coefficient (Wildman–Crippen LogP) is 3.57. The fourth-order valence-electron chi connectivity index (χ4n) is 2.93. The molecule has 1 aliphatic rings. The van der Waals surface area contributed by atoms with Crippen molar-refractivity contribution in [2.45, 2.75) is 78.0 Å². The summed E-state index contributed by atoms with van der Waals surface area (Å²) in [5.41, 5.74) is 1.10. The lowest BCUT2D eigenvalue weighted by molar-refractivity contribution is 0.150. The molecule has 0 spiro atoms. The van der Waals surface area contributed by atoms with E-state index in [0.29, 0.717) is 6.04 Å². The highest BCUT2D eigenvalue weighted by Gasteiger charge is 2.22. The van der Waals surface area contributed by atoms with Crippen molar-refractivity contribution < 1.29 is 4.52 Å². The van der Waals surface area contributed by atoms with Gasteiger partial charge in [-0.05, 0) is 59.4 Å². The largest absolute Gasteiger partial charge is 0.360 e. The van der Waals surface area contributed by atoms with E-state index in [2.05, 4.69) is 56.2 Å². The van der Waals surface area contributed by atoms with Crippen LogP contribution in [0.1, 0.15) is 64.8 Å². The Bertz CT molecular complexity index is 427. The Balaban J connectivity index is 1.81. The van der Waals surface area contributed by atoms with Crippen LogP contribution in [0.2, 0.25) is 0 Å². The van der Waals surface area contributed by atoms with Gasteiger partial charge < -0.3 is 9.84 Å². The quantitative estimate of drug-likeness (QED) is 0.901. The predicted molar refractivity (Wildman–Crippen MR) is 86.0 cm³/mol. The van der Waals surface area contributed by atoms with Crippen molar-refractivity contribution in [2.24, 2.45) is 5.92 Å². The Kier molecular flexibility index (Phi) is 5.44. The summed E-state index contributed by atoms with van der Waals surface area (Å²) in [6.45, 7) is 10.5. The first-order valence-electron chi connectivity index (χ1n) is 8.23. The third-order valence-corrected chi connectivity index (χ3v) is 4.42. The minimum absolute atomic E-state index is 0.106. The maximum Gasteiger partial charge on any atom is 0.151 e. The molecule has 1 saturated carbocycles. The van der Waals surface area contributed by atoms with Crippen molar-refractivity contribution in [1.29, 1.82) is 0 Å². The van der Waals surface area contributed by atoms with E-state index in [4.69, 9.17) is 4.52 Å². The van der Waals surface area contributed by atoms with Crippen LogP contribution in [-0.4, -0.2) is 28.7 Å². The van der Waals surface area contributed by atoms with Gasteiger partial charge in [-0.25, -0.2) is 0 Å². The summed E-state index contributed by atoms with van der Waals surface area (Å²) < 4.78 is 5.48. The molecule has 120 valence electrons. The number of nitrogens with one attached hydrogen (secondary N) is 1. The summed E-state index contributed by atoms with van der Waals surface area (Å²) >= 11 is 0. The second-order valence-corrected chi connectivity index (χ2v) is 7.72. The molecule has 0 saturated heterocycles. The van der Waals surface area contributed by atoms with Crippen LogP contribution in [0.5, 0.6) is 0 Å². The minimum atomic E-state index is 0.106. The first kappa shape index (κ1) is 16.5. The van der Waals surface area contributed by atoms with Crippen LogP contribution in [0, 0.1) is 5.92 Å². The Morgan fingerprint density at radius 1 is 1.29 bits per heavy atom. The van der Waals surface area contributed by atoms with Gasteiger partial charge in [-0.15, -0.1) is 0 Å². The van der Waals surface area contributed by atoms with Crippen molar-refractivity contribution in [2.75, 3.05) is 7.05 Å². The molecule has 0 aliphatic heterocycles. The van der Waals surface area contributed by atoms with Gasteiger partial charge in [0, 0.05) is 24.2 Å². The number of aromatic nitrogens is 1. The number of nitrogens with zero attached hydrogens (tertiary/aromatic N) is 2. The lowest BCUT2D eigenvalue weighted by atomic mass is 9.87. The lowest BCUT2D eigenvalue weighted by Gasteiger charge is -2.32. The number of hydrogen-bond donors (Lipinski definition) is 1. The fourth-order valence-corrected chi connectivity index (χ4v) is 2.93. The van der Waals surface area contributed by atoms with Gasteiger partial charge >= 0.3 is 0 Å². The molecule has 0 bridgehead atoms. The van der Waals surface area contributed by atoms with Crippen LogP contribution in [0.25, 0.3) is 0 Å². The van der Waals surface area contributed by atoms with Gasteiger partial charge in [0.1, 0.15) is 0 Å². The monoisotopic (exact) mass is 293 g/mol. The summed E-state index contributed by atoms with van der Waals surface area (Å²) in [5, 5.41) is 7.60. The van der Waals surface area contributed by atoms with Gasteiger partial charge in [-0.3, -0.25) is 4.90 Å². The van der Waals surface area contributed by atoms with E-state index in [0.717, 1.165) is 30.5 Å². The topological polar surface area (TPSA) is 41.3 Å². The highest BCUT2D eigenvalue weighted by atomic mass is 16.5. The second-order valence-electron chi connectivity index (χ2n) is 7.72. The zero-order valence-electron chi connectivity index (χ0n) is 14.3. The van der Waals surface area contributed by atoms with Crippen molar-refractivity contribution in [3.63, 3.8) is 0 Å². The molecule has 2 rings (SSSR count). The third-order valence-electron chi connectivity index (χ3n) is 4.42. The van der Waals surface area contributed by atoms with Gasteiger partial charge in [-0.1, -0.05) is 12.1 Å². The molecule has 1 N–H and O–H groups in total. The fraction of sp³-hybridized carbons (Fsp3) is 0.824. The second kappa shape index (κ2) is 6.93. The maximum absolute atomic E-state index is 5.48. The molecule has 21 heavy (non-hydrogen) atoms. The van der Waals surface area contributed by atoms with Crippen LogP contribution in [0.4, 0.5) is 0 Å². The van der Waals surface area contributed by atoms with E-state index >= 15 is 0 Å². The average molecular weight is 293 g/mol. The molecular formula is C17H31N3O. The SMILES string of the molecule is CC1CCC(N(C)Cc2cc(CNC(C)(C)C)no2)CC1. The molecular weight excluding hydrogens is 262 g/mol. The van der Waals surface area contributed by atoms with Crippen LogP contribution >= 0.6 is 0 Å². The van der Waals surface area contributed by atoms with E-state index in [1.807, 2.05) is 0 Å². The Morgan fingerprint density at radius 3 is 2.57 bits per heavy atom. The lowest BCUT2D eigenvalue weighted by Crippen LogP contribution is -2.35. The number of rotatable bonds is 5. The van der Waals surface area contributed by atoms with E-state index in [-0.39, 0.29) is 5.54 Å².